The lowest BCUT2D eigenvalue weighted by Crippen LogP contribution is -2.18. The Kier molecular flexibility index (Phi) is 5.24. The Morgan fingerprint density at radius 3 is 2.50 bits per heavy atom. The first-order valence-corrected chi connectivity index (χ1v) is 7.97. The smallest absolute Gasteiger partial charge is 0.271 e. The molecule has 6 nitrogen and oxygen atoms in total. The Morgan fingerprint density at radius 2 is 1.77 bits per heavy atom. The topological polar surface area (TPSA) is 83.7 Å². The fourth-order valence-corrected chi connectivity index (χ4v) is 2.23. The van der Waals surface area contributed by atoms with Crippen LogP contribution in [0.15, 0.2) is 76.4 Å². The second-order valence-corrected chi connectivity index (χ2v) is 5.62. The Balaban J connectivity index is 1.64. The van der Waals surface area contributed by atoms with Gasteiger partial charge in [-0.3, -0.25) is 9.59 Å². The molecular formula is C20H17N3O3. The molecule has 1 heterocycles. The van der Waals surface area contributed by atoms with Crippen molar-refractivity contribution in [3.05, 3.63) is 89.4 Å². The Hall–Kier alpha value is -3.67. The molecule has 130 valence electrons. The van der Waals surface area contributed by atoms with Gasteiger partial charge in [0.1, 0.15) is 5.76 Å². The fourth-order valence-electron chi connectivity index (χ4n) is 2.23. The second kappa shape index (κ2) is 7.94. The minimum atomic E-state index is -0.390. The number of anilines is 1. The molecule has 0 aliphatic heterocycles. The normalized spacial score (nSPS) is 10.7. The average molecular weight is 347 g/mol. The second-order valence-electron chi connectivity index (χ2n) is 5.62. The molecule has 6 heteroatoms. The molecular weight excluding hydrogens is 330 g/mol. The lowest BCUT2D eigenvalue weighted by atomic mass is 10.1. The molecule has 0 bridgehead atoms. The third-order valence-corrected chi connectivity index (χ3v) is 3.60. The van der Waals surface area contributed by atoms with E-state index in [0.717, 1.165) is 5.56 Å². The number of carbonyl (C=O) groups is 2. The van der Waals surface area contributed by atoms with Gasteiger partial charge in [0.05, 0.1) is 12.5 Å². The van der Waals surface area contributed by atoms with Crippen LogP contribution in [0.3, 0.4) is 0 Å². The molecule has 26 heavy (non-hydrogen) atoms. The van der Waals surface area contributed by atoms with Crippen LogP contribution in [0, 0.1) is 6.92 Å². The van der Waals surface area contributed by atoms with Crippen LogP contribution >= 0.6 is 0 Å². The highest BCUT2D eigenvalue weighted by Gasteiger charge is 2.09. The van der Waals surface area contributed by atoms with Crippen molar-refractivity contribution in [3.63, 3.8) is 0 Å². The van der Waals surface area contributed by atoms with Crippen LogP contribution in [0.1, 0.15) is 32.0 Å². The van der Waals surface area contributed by atoms with Gasteiger partial charge in [0.25, 0.3) is 11.8 Å². The summed E-state index contributed by atoms with van der Waals surface area (Å²) in [5.41, 5.74) is 4.95. The molecule has 0 unspecified atom stereocenters. The van der Waals surface area contributed by atoms with Gasteiger partial charge in [0, 0.05) is 16.8 Å². The van der Waals surface area contributed by atoms with Gasteiger partial charge in [-0.05, 0) is 49.4 Å². The van der Waals surface area contributed by atoms with Crippen LogP contribution in [-0.4, -0.2) is 18.0 Å². The molecule has 0 saturated carbocycles. The highest BCUT2D eigenvalue weighted by molar-refractivity contribution is 6.05. The Morgan fingerprint density at radius 1 is 0.962 bits per heavy atom. The lowest BCUT2D eigenvalue weighted by Gasteiger charge is -2.07. The van der Waals surface area contributed by atoms with Gasteiger partial charge in [0.15, 0.2) is 0 Å². The van der Waals surface area contributed by atoms with Gasteiger partial charge in [-0.2, -0.15) is 5.10 Å². The molecule has 0 saturated heterocycles. The summed E-state index contributed by atoms with van der Waals surface area (Å²) in [6.45, 7) is 1.96. The molecule has 0 fully saturated rings. The number of carbonyl (C=O) groups excluding carboxylic acids is 2. The van der Waals surface area contributed by atoms with E-state index < -0.39 is 0 Å². The molecule has 0 aliphatic rings. The number of rotatable bonds is 5. The number of nitrogens with zero attached hydrogens (tertiary/aromatic N) is 1. The third kappa shape index (κ3) is 4.45. The van der Waals surface area contributed by atoms with Gasteiger partial charge in [-0.15, -0.1) is 0 Å². The van der Waals surface area contributed by atoms with Crippen LogP contribution < -0.4 is 10.7 Å². The maximum Gasteiger partial charge on any atom is 0.271 e. The van der Waals surface area contributed by atoms with Crippen LogP contribution in [0.25, 0.3) is 0 Å². The first-order valence-electron chi connectivity index (χ1n) is 7.97. The van der Waals surface area contributed by atoms with E-state index in [1.165, 1.54) is 12.5 Å². The molecule has 2 amide bonds. The molecule has 1 aromatic heterocycles. The first kappa shape index (κ1) is 17.2. The number of amides is 2. The van der Waals surface area contributed by atoms with E-state index in [0.29, 0.717) is 22.6 Å². The highest BCUT2D eigenvalue weighted by atomic mass is 16.3. The van der Waals surface area contributed by atoms with Gasteiger partial charge in [-0.1, -0.05) is 23.8 Å². The molecule has 2 aromatic carbocycles. The zero-order valence-electron chi connectivity index (χ0n) is 14.1. The van der Waals surface area contributed by atoms with E-state index in [1.54, 1.807) is 48.5 Å². The lowest BCUT2D eigenvalue weighted by molar-refractivity contribution is 0.0953. The Labute approximate surface area is 150 Å². The number of nitrogens with one attached hydrogen (secondary N) is 2. The zero-order chi connectivity index (χ0) is 18.4. The van der Waals surface area contributed by atoms with Crippen molar-refractivity contribution in [3.8, 4) is 0 Å². The Bertz CT molecular complexity index is 929. The van der Waals surface area contributed by atoms with E-state index in [9.17, 15) is 9.59 Å². The molecule has 0 aliphatic carbocycles. The summed E-state index contributed by atoms with van der Waals surface area (Å²) >= 11 is 0. The largest absolute Gasteiger partial charge is 0.463 e. The number of furan rings is 1. The minimum Gasteiger partial charge on any atom is -0.463 e. The monoisotopic (exact) mass is 347 g/mol. The number of hydrogen-bond acceptors (Lipinski definition) is 4. The van der Waals surface area contributed by atoms with E-state index >= 15 is 0 Å². The standard InChI is InChI=1S/C20H17N3O3/c1-14-7-9-15(10-8-14)19(24)22-17-5-2-4-16(12-17)20(25)23-21-13-18-6-3-11-26-18/h2-13H,1H3,(H,22,24)(H,23,25)/b21-13+. The van der Waals surface area contributed by atoms with Crippen molar-refractivity contribution in [1.82, 2.24) is 5.43 Å². The first-order chi connectivity index (χ1) is 12.6. The van der Waals surface area contributed by atoms with Crippen LogP contribution in [0.4, 0.5) is 5.69 Å². The van der Waals surface area contributed by atoms with Crippen molar-refractivity contribution in [2.24, 2.45) is 5.10 Å². The summed E-state index contributed by atoms with van der Waals surface area (Å²) in [4.78, 5) is 24.4. The summed E-state index contributed by atoms with van der Waals surface area (Å²) in [7, 11) is 0. The molecule has 3 aromatic rings. The van der Waals surface area contributed by atoms with Gasteiger partial charge in [0.2, 0.25) is 0 Å². The maximum absolute atomic E-state index is 12.3. The number of aryl methyl sites for hydroxylation is 1. The number of hydrazone groups is 1. The van der Waals surface area contributed by atoms with Crippen molar-refractivity contribution < 1.29 is 14.0 Å². The summed E-state index contributed by atoms with van der Waals surface area (Å²) in [6.07, 6.45) is 2.92. The predicted molar refractivity (Wildman–Crippen MR) is 99.3 cm³/mol. The van der Waals surface area contributed by atoms with Crippen LogP contribution in [-0.2, 0) is 0 Å². The molecule has 0 radical (unpaired) electrons. The summed E-state index contributed by atoms with van der Waals surface area (Å²) in [5, 5.41) is 6.61. The van der Waals surface area contributed by atoms with Crippen LogP contribution in [0.2, 0.25) is 0 Å². The van der Waals surface area contributed by atoms with Crippen molar-refractivity contribution in [2.75, 3.05) is 5.32 Å². The SMILES string of the molecule is Cc1ccc(C(=O)Nc2cccc(C(=O)N/N=C/c3ccco3)c2)cc1. The average Bonchev–Trinajstić information content (AvgIpc) is 3.16. The van der Waals surface area contributed by atoms with Crippen molar-refractivity contribution in [2.45, 2.75) is 6.92 Å². The maximum atomic E-state index is 12.3. The highest BCUT2D eigenvalue weighted by Crippen LogP contribution is 2.13. The number of hydrogen-bond donors (Lipinski definition) is 2. The van der Waals surface area contributed by atoms with E-state index in [2.05, 4.69) is 15.8 Å². The van der Waals surface area contributed by atoms with E-state index in [1.807, 2.05) is 19.1 Å². The van der Waals surface area contributed by atoms with Crippen molar-refractivity contribution in [1.29, 1.82) is 0 Å². The minimum absolute atomic E-state index is 0.238. The summed E-state index contributed by atoms with van der Waals surface area (Å²) in [6, 6.07) is 17.3. The number of benzene rings is 2. The quantitative estimate of drug-likeness (QED) is 0.546. The van der Waals surface area contributed by atoms with Gasteiger partial charge < -0.3 is 9.73 Å². The fraction of sp³-hybridized carbons (Fsp3) is 0.0500. The van der Waals surface area contributed by atoms with Crippen molar-refractivity contribution >= 4 is 23.7 Å². The molecule has 0 spiro atoms. The summed E-state index contributed by atoms with van der Waals surface area (Å²) in [5.74, 6) is -0.0953. The van der Waals surface area contributed by atoms with Crippen LogP contribution in [0.5, 0.6) is 0 Å². The van der Waals surface area contributed by atoms with E-state index in [-0.39, 0.29) is 11.8 Å². The van der Waals surface area contributed by atoms with Gasteiger partial charge in [-0.25, -0.2) is 5.43 Å². The molecule has 3 rings (SSSR count). The molecule has 0 atom stereocenters. The zero-order valence-corrected chi connectivity index (χ0v) is 14.1. The van der Waals surface area contributed by atoms with Gasteiger partial charge >= 0.3 is 0 Å². The third-order valence-electron chi connectivity index (χ3n) is 3.60. The van der Waals surface area contributed by atoms with E-state index in [4.69, 9.17) is 4.42 Å². The molecule has 2 N–H and O–H groups in total. The summed E-state index contributed by atoms with van der Waals surface area (Å²) < 4.78 is 5.09. The predicted octanol–water partition coefficient (Wildman–Crippen LogP) is 3.60.